The fourth-order valence-corrected chi connectivity index (χ4v) is 7.31. The summed E-state index contributed by atoms with van der Waals surface area (Å²) >= 11 is 0. The molecule has 3 heterocycles. The maximum absolute atomic E-state index is 12.2. The van der Waals surface area contributed by atoms with Crippen molar-refractivity contribution in [3.8, 4) is 11.1 Å². The van der Waals surface area contributed by atoms with Crippen LogP contribution in [0.2, 0.25) is 0 Å². The molecule has 3 N–H and O–H groups in total. The van der Waals surface area contributed by atoms with E-state index in [2.05, 4.69) is 57.6 Å². The summed E-state index contributed by atoms with van der Waals surface area (Å²) in [6.07, 6.45) is 5.72. The van der Waals surface area contributed by atoms with Crippen LogP contribution in [0.15, 0.2) is 72.8 Å². The van der Waals surface area contributed by atoms with Crippen molar-refractivity contribution in [2.75, 3.05) is 32.7 Å². The third kappa shape index (κ3) is 9.30. The van der Waals surface area contributed by atoms with Gasteiger partial charge in [-0.2, -0.15) is 0 Å². The van der Waals surface area contributed by atoms with E-state index in [0.29, 0.717) is 19.0 Å². The standard InChI is InChI=1S/C39H49N3O6/c43-27-28-14-16-30(17-15-28)36-23-35(26-42-20-6-11-34(42)25-41-18-1-2-19-41)47-39(48-36)33-10-4-9-32(22-33)31-8-3-7-29(21-31)24-40-37(44)12-5-13-38(45)46/h3-4,7-10,14-17,21-22,34-36,39,43H,1-2,5-6,11-13,18-20,23-27H2,(H,40,44)(H,45,46). The zero-order valence-electron chi connectivity index (χ0n) is 27.8. The highest BCUT2D eigenvalue weighted by Crippen LogP contribution is 2.39. The molecule has 48 heavy (non-hydrogen) atoms. The molecule has 9 heteroatoms. The molecule has 3 saturated heterocycles. The highest BCUT2D eigenvalue weighted by atomic mass is 16.7. The van der Waals surface area contributed by atoms with E-state index in [-0.39, 0.29) is 37.6 Å². The second-order valence-corrected chi connectivity index (χ2v) is 13.5. The van der Waals surface area contributed by atoms with E-state index in [1.165, 1.54) is 38.8 Å². The first-order valence-electron chi connectivity index (χ1n) is 17.6. The number of aliphatic hydroxyl groups is 1. The molecule has 3 aromatic rings. The minimum Gasteiger partial charge on any atom is -0.481 e. The van der Waals surface area contributed by atoms with Gasteiger partial charge in [-0.3, -0.25) is 14.5 Å². The van der Waals surface area contributed by atoms with Gasteiger partial charge >= 0.3 is 5.97 Å². The lowest BCUT2D eigenvalue weighted by Gasteiger charge is -2.39. The van der Waals surface area contributed by atoms with Gasteiger partial charge in [0.15, 0.2) is 6.29 Å². The van der Waals surface area contributed by atoms with E-state index in [9.17, 15) is 14.7 Å². The van der Waals surface area contributed by atoms with Crippen LogP contribution in [0.5, 0.6) is 0 Å². The Balaban J connectivity index is 1.16. The first kappa shape index (κ1) is 34.3. The number of likely N-dealkylation sites (tertiary alicyclic amines) is 2. The lowest BCUT2D eigenvalue weighted by molar-refractivity contribution is -0.253. The topological polar surface area (TPSA) is 112 Å². The predicted octanol–water partition coefficient (Wildman–Crippen LogP) is 5.82. The molecule has 0 radical (unpaired) electrons. The lowest BCUT2D eigenvalue weighted by Crippen LogP contribution is -2.45. The molecular weight excluding hydrogens is 606 g/mol. The number of carboxylic acids is 1. The van der Waals surface area contributed by atoms with E-state index in [1.54, 1.807) is 0 Å². The highest BCUT2D eigenvalue weighted by Gasteiger charge is 2.36. The third-order valence-electron chi connectivity index (χ3n) is 9.92. The number of carboxylic acid groups (broad SMARTS) is 1. The van der Waals surface area contributed by atoms with Crippen LogP contribution in [0.25, 0.3) is 11.1 Å². The number of aliphatic hydroxyl groups excluding tert-OH is 1. The van der Waals surface area contributed by atoms with Crippen molar-refractivity contribution < 1.29 is 29.3 Å². The largest absolute Gasteiger partial charge is 0.481 e. The molecule has 3 aliphatic heterocycles. The summed E-state index contributed by atoms with van der Waals surface area (Å²) in [5.74, 6) is -1.04. The summed E-state index contributed by atoms with van der Waals surface area (Å²) in [5, 5.41) is 21.3. The first-order valence-corrected chi connectivity index (χ1v) is 17.6. The Kier molecular flexibility index (Phi) is 11.9. The summed E-state index contributed by atoms with van der Waals surface area (Å²) in [6, 6.07) is 25.0. The Labute approximate surface area is 283 Å². The Hall–Kier alpha value is -3.60. The highest BCUT2D eigenvalue weighted by molar-refractivity contribution is 5.76. The number of hydrogen-bond donors (Lipinski definition) is 3. The van der Waals surface area contributed by atoms with Gasteiger partial charge < -0.3 is 29.9 Å². The van der Waals surface area contributed by atoms with Gasteiger partial charge in [-0.25, -0.2) is 0 Å². The van der Waals surface area contributed by atoms with Crippen molar-refractivity contribution in [1.29, 1.82) is 0 Å². The zero-order valence-corrected chi connectivity index (χ0v) is 27.8. The molecule has 0 aliphatic carbocycles. The normalized spacial score (nSPS) is 23.4. The number of benzene rings is 3. The fraction of sp³-hybridized carbons (Fsp3) is 0.487. The van der Waals surface area contributed by atoms with Gasteiger partial charge in [-0.15, -0.1) is 0 Å². The monoisotopic (exact) mass is 655 g/mol. The van der Waals surface area contributed by atoms with Crippen LogP contribution in [0, 0.1) is 0 Å². The van der Waals surface area contributed by atoms with E-state index in [0.717, 1.165) is 59.4 Å². The number of hydrogen-bond acceptors (Lipinski definition) is 7. The van der Waals surface area contributed by atoms with Crippen LogP contribution in [-0.2, 0) is 32.2 Å². The predicted molar refractivity (Wildman–Crippen MR) is 184 cm³/mol. The average Bonchev–Trinajstić information content (AvgIpc) is 3.79. The second kappa shape index (κ2) is 16.7. The Morgan fingerprint density at radius 3 is 2.35 bits per heavy atom. The van der Waals surface area contributed by atoms with Gasteiger partial charge in [0, 0.05) is 50.5 Å². The summed E-state index contributed by atoms with van der Waals surface area (Å²) in [4.78, 5) is 28.2. The molecule has 3 aliphatic rings. The van der Waals surface area contributed by atoms with Crippen LogP contribution in [0.4, 0.5) is 0 Å². The molecule has 0 aromatic heterocycles. The molecule has 256 valence electrons. The van der Waals surface area contributed by atoms with Crippen molar-refractivity contribution in [3.63, 3.8) is 0 Å². The molecular formula is C39H49N3O6. The number of ether oxygens (including phenoxy) is 2. The molecule has 4 atom stereocenters. The summed E-state index contributed by atoms with van der Waals surface area (Å²) in [6.45, 7) is 5.96. The van der Waals surface area contributed by atoms with Crippen LogP contribution in [0.3, 0.4) is 0 Å². The Morgan fingerprint density at radius 2 is 1.58 bits per heavy atom. The first-order chi connectivity index (χ1) is 23.4. The average molecular weight is 656 g/mol. The van der Waals surface area contributed by atoms with Crippen LogP contribution in [-0.4, -0.2) is 76.8 Å². The van der Waals surface area contributed by atoms with Crippen molar-refractivity contribution in [3.05, 3.63) is 95.1 Å². The van der Waals surface area contributed by atoms with Gasteiger partial charge in [0.25, 0.3) is 0 Å². The van der Waals surface area contributed by atoms with Gasteiger partial charge in [-0.1, -0.05) is 60.7 Å². The fourth-order valence-electron chi connectivity index (χ4n) is 7.31. The SMILES string of the molecule is O=C(O)CCCC(=O)NCc1cccc(-c2cccc(C3OC(CN4CCCC4CN4CCCC4)CC(c4ccc(CO)cc4)O3)c2)c1. The second-order valence-electron chi connectivity index (χ2n) is 13.5. The zero-order chi connectivity index (χ0) is 33.3. The lowest BCUT2D eigenvalue weighted by atomic mass is 9.98. The van der Waals surface area contributed by atoms with Crippen molar-refractivity contribution in [2.45, 2.75) is 89.1 Å². The minimum atomic E-state index is -0.891. The third-order valence-corrected chi connectivity index (χ3v) is 9.92. The summed E-state index contributed by atoms with van der Waals surface area (Å²) in [5.41, 5.74) is 5.96. The smallest absolute Gasteiger partial charge is 0.303 e. The molecule has 9 nitrogen and oxygen atoms in total. The van der Waals surface area contributed by atoms with Crippen molar-refractivity contribution >= 4 is 11.9 Å². The van der Waals surface area contributed by atoms with Crippen LogP contribution >= 0.6 is 0 Å². The molecule has 0 saturated carbocycles. The van der Waals surface area contributed by atoms with Crippen LogP contribution < -0.4 is 5.32 Å². The van der Waals surface area contributed by atoms with Gasteiger partial charge in [0.2, 0.25) is 5.91 Å². The molecule has 3 aromatic carbocycles. The number of aliphatic carboxylic acids is 1. The van der Waals surface area contributed by atoms with E-state index in [1.807, 2.05) is 30.3 Å². The Morgan fingerprint density at radius 1 is 0.812 bits per heavy atom. The number of amides is 1. The van der Waals surface area contributed by atoms with Gasteiger partial charge in [0.1, 0.15) is 0 Å². The maximum atomic E-state index is 12.2. The summed E-state index contributed by atoms with van der Waals surface area (Å²) < 4.78 is 13.5. The van der Waals surface area contributed by atoms with Gasteiger partial charge in [-0.05, 0) is 91.7 Å². The molecule has 4 unspecified atom stereocenters. The molecule has 0 bridgehead atoms. The van der Waals surface area contributed by atoms with E-state index >= 15 is 0 Å². The number of nitrogens with one attached hydrogen (secondary N) is 1. The van der Waals surface area contributed by atoms with E-state index < -0.39 is 12.3 Å². The molecule has 6 rings (SSSR count). The van der Waals surface area contributed by atoms with Gasteiger partial charge in [0.05, 0.1) is 18.8 Å². The quantitative estimate of drug-likeness (QED) is 0.199. The number of carbonyl (C=O) groups excluding carboxylic acids is 1. The Bertz CT molecular complexity index is 1510. The summed E-state index contributed by atoms with van der Waals surface area (Å²) in [7, 11) is 0. The number of carbonyl (C=O) groups is 2. The number of nitrogens with zero attached hydrogens (tertiary/aromatic N) is 2. The molecule has 0 spiro atoms. The maximum Gasteiger partial charge on any atom is 0.303 e. The molecule has 1 amide bonds. The van der Waals surface area contributed by atoms with Crippen molar-refractivity contribution in [1.82, 2.24) is 15.1 Å². The van der Waals surface area contributed by atoms with E-state index in [4.69, 9.17) is 14.6 Å². The van der Waals surface area contributed by atoms with Crippen molar-refractivity contribution in [2.24, 2.45) is 0 Å². The number of rotatable bonds is 14. The molecule has 3 fully saturated rings. The minimum absolute atomic E-state index is 0.0107. The van der Waals surface area contributed by atoms with Crippen LogP contribution in [0.1, 0.15) is 86.0 Å².